The number of nitrogens with two attached hydrogens (primary N) is 1. The van der Waals surface area contributed by atoms with Crippen LogP contribution in [0.25, 0.3) is 0 Å². The predicted octanol–water partition coefficient (Wildman–Crippen LogP) is 1.91. The lowest BCUT2D eigenvalue weighted by Gasteiger charge is -2.29. The fourth-order valence-electron chi connectivity index (χ4n) is 1.92. The van der Waals surface area contributed by atoms with E-state index >= 15 is 0 Å². The first-order valence-corrected chi connectivity index (χ1v) is 7.53. The number of hydrogen-bond acceptors (Lipinski definition) is 4. The topological polar surface area (TPSA) is 63.4 Å². The van der Waals surface area contributed by atoms with Crippen molar-refractivity contribution in [2.45, 2.75) is 31.7 Å². The summed E-state index contributed by atoms with van der Waals surface area (Å²) in [5, 5.41) is 0. The van der Waals surface area contributed by atoms with Crippen molar-refractivity contribution in [2.24, 2.45) is 0 Å². The second-order valence-corrected chi connectivity index (χ2v) is 6.33. The maximum absolute atomic E-state index is 11.6. The molecule has 1 aromatic rings. The summed E-state index contributed by atoms with van der Waals surface area (Å²) in [5.74, 6) is 0. The molecule has 5 heteroatoms. The number of nitrogen functional groups attached to an aromatic ring is 1. The third-order valence-electron chi connectivity index (χ3n) is 2.72. The largest absolute Gasteiger partial charge is 0.396 e. The molecule has 0 bridgehead atoms. The van der Waals surface area contributed by atoms with E-state index in [1.807, 2.05) is 13.0 Å². The van der Waals surface area contributed by atoms with E-state index in [4.69, 9.17) is 5.73 Å². The molecule has 2 N–H and O–H groups in total. The molecule has 1 rings (SSSR count). The normalized spacial score (nSPS) is 11.8. The molecule has 0 saturated heterocycles. The Morgan fingerprint density at radius 1 is 1.35 bits per heavy atom. The maximum atomic E-state index is 11.6. The lowest BCUT2D eigenvalue weighted by atomic mass is 10.2. The lowest BCUT2D eigenvalue weighted by Crippen LogP contribution is -2.31. The van der Waals surface area contributed by atoms with Crippen molar-refractivity contribution in [3.05, 3.63) is 18.2 Å². The maximum Gasteiger partial charge on any atom is 0.177 e. The van der Waals surface area contributed by atoms with Crippen molar-refractivity contribution in [3.63, 3.8) is 0 Å². The smallest absolute Gasteiger partial charge is 0.177 e. The molecule has 17 heavy (non-hydrogen) atoms. The van der Waals surface area contributed by atoms with Gasteiger partial charge in [-0.2, -0.15) is 0 Å². The molecule has 4 nitrogen and oxygen atoms in total. The van der Waals surface area contributed by atoms with Gasteiger partial charge in [-0.1, -0.05) is 6.07 Å². The molecule has 0 unspecified atom stereocenters. The number of anilines is 2. The monoisotopic (exact) mass is 256 g/mol. The minimum atomic E-state index is -3.28. The second kappa shape index (κ2) is 4.96. The van der Waals surface area contributed by atoms with Crippen LogP contribution in [0, 0.1) is 0 Å². The molecule has 1 aromatic carbocycles. The molecule has 0 saturated carbocycles. The molecular formula is C12H20N2O2S. The summed E-state index contributed by atoms with van der Waals surface area (Å²) in [6.45, 7) is 6.91. The van der Waals surface area contributed by atoms with Gasteiger partial charge in [0.1, 0.15) is 0 Å². The Morgan fingerprint density at radius 3 is 2.35 bits per heavy atom. The number of nitrogens with zero attached hydrogens (tertiary/aromatic N) is 1. The van der Waals surface area contributed by atoms with E-state index in [2.05, 4.69) is 18.7 Å². The first-order valence-electron chi connectivity index (χ1n) is 5.64. The Labute approximate surface area is 103 Å². The van der Waals surface area contributed by atoms with Gasteiger partial charge < -0.3 is 10.6 Å². The van der Waals surface area contributed by atoms with E-state index < -0.39 is 9.84 Å². The highest BCUT2D eigenvalue weighted by Crippen LogP contribution is 2.30. The summed E-state index contributed by atoms with van der Waals surface area (Å²) >= 11 is 0. The van der Waals surface area contributed by atoms with E-state index in [9.17, 15) is 8.42 Å². The van der Waals surface area contributed by atoms with Crippen LogP contribution >= 0.6 is 0 Å². The van der Waals surface area contributed by atoms with E-state index in [0.717, 1.165) is 12.2 Å². The van der Waals surface area contributed by atoms with Crippen LogP contribution in [0.3, 0.4) is 0 Å². The second-order valence-electron chi connectivity index (χ2n) is 4.34. The molecule has 0 aliphatic rings. The first-order chi connectivity index (χ1) is 7.79. The average Bonchev–Trinajstić information content (AvgIpc) is 2.19. The summed E-state index contributed by atoms with van der Waals surface area (Å²) in [6.07, 6.45) is 1.17. The minimum absolute atomic E-state index is 0.203. The van der Waals surface area contributed by atoms with Gasteiger partial charge in [0.15, 0.2) is 9.84 Å². The Balaban J connectivity index is 3.38. The van der Waals surface area contributed by atoms with Crippen molar-refractivity contribution < 1.29 is 8.42 Å². The van der Waals surface area contributed by atoms with E-state index in [-0.39, 0.29) is 10.9 Å². The third-order valence-corrected chi connectivity index (χ3v) is 3.87. The fraction of sp³-hybridized carbons (Fsp3) is 0.500. The van der Waals surface area contributed by atoms with Crippen LogP contribution in [0.4, 0.5) is 11.4 Å². The first kappa shape index (κ1) is 13.8. The van der Waals surface area contributed by atoms with Crippen LogP contribution in [0.2, 0.25) is 0 Å². The zero-order chi connectivity index (χ0) is 13.2. The minimum Gasteiger partial charge on any atom is -0.396 e. The summed E-state index contributed by atoms with van der Waals surface area (Å²) in [7, 11) is -3.28. The molecule has 0 amide bonds. The molecule has 0 aromatic heterocycles. The zero-order valence-corrected chi connectivity index (χ0v) is 11.6. The number of rotatable bonds is 4. The van der Waals surface area contributed by atoms with E-state index in [1.165, 1.54) is 6.26 Å². The van der Waals surface area contributed by atoms with Crippen molar-refractivity contribution in [3.8, 4) is 0 Å². The van der Waals surface area contributed by atoms with Crippen molar-refractivity contribution in [1.82, 2.24) is 0 Å². The number of benzene rings is 1. The number of para-hydroxylation sites is 1. The van der Waals surface area contributed by atoms with Gasteiger partial charge in [0.2, 0.25) is 0 Å². The van der Waals surface area contributed by atoms with Gasteiger partial charge in [0.05, 0.1) is 16.3 Å². The Hall–Kier alpha value is -1.23. The summed E-state index contributed by atoms with van der Waals surface area (Å²) in [4.78, 5) is 2.28. The SMILES string of the molecule is CCN(c1cccc(S(C)(=O)=O)c1N)C(C)C. The van der Waals surface area contributed by atoms with E-state index in [1.54, 1.807) is 12.1 Å². The van der Waals surface area contributed by atoms with Crippen molar-refractivity contribution in [1.29, 1.82) is 0 Å². The van der Waals surface area contributed by atoms with Crippen LogP contribution in [-0.2, 0) is 9.84 Å². The highest BCUT2D eigenvalue weighted by molar-refractivity contribution is 7.90. The number of sulfone groups is 1. The Kier molecular flexibility index (Phi) is 4.03. The molecular weight excluding hydrogens is 236 g/mol. The van der Waals surface area contributed by atoms with Crippen molar-refractivity contribution >= 4 is 21.2 Å². The van der Waals surface area contributed by atoms with Gasteiger partial charge in [-0.15, -0.1) is 0 Å². The quantitative estimate of drug-likeness (QED) is 0.836. The summed E-state index contributed by atoms with van der Waals surface area (Å²) in [6, 6.07) is 5.40. The lowest BCUT2D eigenvalue weighted by molar-refractivity contribution is 0.602. The molecule has 0 aliphatic carbocycles. The highest BCUT2D eigenvalue weighted by atomic mass is 32.2. The van der Waals surface area contributed by atoms with Gasteiger partial charge in [-0.05, 0) is 32.9 Å². The fourth-order valence-corrected chi connectivity index (χ4v) is 2.75. The van der Waals surface area contributed by atoms with Crippen LogP contribution < -0.4 is 10.6 Å². The van der Waals surface area contributed by atoms with Gasteiger partial charge >= 0.3 is 0 Å². The third kappa shape index (κ3) is 2.91. The van der Waals surface area contributed by atoms with Crippen LogP contribution in [0.1, 0.15) is 20.8 Å². The molecule has 0 radical (unpaired) electrons. The van der Waals surface area contributed by atoms with Crippen LogP contribution in [-0.4, -0.2) is 27.3 Å². The summed E-state index contributed by atoms with van der Waals surface area (Å²) < 4.78 is 23.2. The van der Waals surface area contributed by atoms with Crippen molar-refractivity contribution in [2.75, 3.05) is 23.4 Å². The van der Waals surface area contributed by atoms with Gasteiger partial charge in [-0.3, -0.25) is 0 Å². The zero-order valence-electron chi connectivity index (χ0n) is 10.8. The average molecular weight is 256 g/mol. The highest BCUT2D eigenvalue weighted by Gasteiger charge is 2.18. The predicted molar refractivity (Wildman–Crippen MR) is 72.1 cm³/mol. The van der Waals surface area contributed by atoms with Crippen LogP contribution in [0.5, 0.6) is 0 Å². The molecule has 0 atom stereocenters. The van der Waals surface area contributed by atoms with Crippen LogP contribution in [0.15, 0.2) is 23.1 Å². The van der Waals surface area contributed by atoms with Gasteiger partial charge in [0.25, 0.3) is 0 Å². The Morgan fingerprint density at radius 2 is 1.94 bits per heavy atom. The molecule has 96 valence electrons. The molecule has 0 heterocycles. The standard InChI is InChI=1S/C12H20N2O2S/c1-5-14(9(2)3)10-7-6-8-11(12(10)13)17(4,15)16/h6-9H,5,13H2,1-4H3. The van der Waals surface area contributed by atoms with Gasteiger partial charge in [0, 0.05) is 18.8 Å². The summed E-state index contributed by atoms with van der Waals surface area (Å²) in [5.41, 5.74) is 7.08. The molecule has 0 fully saturated rings. The molecule has 0 spiro atoms. The molecule has 0 aliphatic heterocycles. The van der Waals surface area contributed by atoms with E-state index in [0.29, 0.717) is 5.69 Å². The Bertz CT molecular complexity index is 495. The van der Waals surface area contributed by atoms with Gasteiger partial charge in [-0.25, -0.2) is 8.42 Å². The number of hydrogen-bond donors (Lipinski definition) is 1.